The van der Waals surface area contributed by atoms with Gasteiger partial charge in [-0.3, -0.25) is 5.32 Å². The van der Waals surface area contributed by atoms with Crippen LogP contribution >= 0.6 is 0 Å². The molecule has 1 N–H and O–H groups in total. The normalized spacial score (nSPS) is 28.3. The van der Waals surface area contributed by atoms with Crippen LogP contribution in [0.4, 0.5) is 8.96 Å². The van der Waals surface area contributed by atoms with E-state index in [0.29, 0.717) is 6.54 Å². The first-order chi connectivity index (χ1) is 3.21. The Bertz CT molecular complexity index is 65.3. The summed E-state index contributed by atoms with van der Waals surface area (Å²) in [6.45, 7) is 0.188. The first-order valence-corrected chi connectivity index (χ1v) is 2.18. The number of quaternary nitrogens is 1. The minimum absolute atomic E-state index is 0.0556. The molecule has 0 bridgehead atoms. The number of rotatable bonds is 0. The Morgan fingerprint density at radius 2 is 2.14 bits per heavy atom. The molecule has 1 heterocycles. The SMILES string of the molecule is F[N+]1(F)CCNC1. The van der Waals surface area contributed by atoms with Crippen molar-refractivity contribution in [2.45, 2.75) is 0 Å². The molecule has 1 rings (SSSR count). The van der Waals surface area contributed by atoms with Crippen LogP contribution in [0.2, 0.25) is 0 Å². The first-order valence-electron chi connectivity index (χ1n) is 2.18. The summed E-state index contributed by atoms with van der Waals surface area (Å²) in [5.74, 6) is 0. The summed E-state index contributed by atoms with van der Waals surface area (Å²) in [6, 6.07) is 0. The van der Waals surface area contributed by atoms with Crippen LogP contribution in [-0.4, -0.2) is 24.7 Å². The van der Waals surface area contributed by atoms with E-state index in [9.17, 15) is 8.96 Å². The van der Waals surface area contributed by atoms with Crippen molar-refractivity contribution in [1.82, 2.24) is 5.32 Å². The van der Waals surface area contributed by atoms with E-state index >= 15 is 0 Å². The van der Waals surface area contributed by atoms with Crippen LogP contribution in [0.5, 0.6) is 0 Å². The van der Waals surface area contributed by atoms with Gasteiger partial charge >= 0.3 is 0 Å². The zero-order valence-electron chi connectivity index (χ0n) is 3.82. The summed E-state index contributed by atoms with van der Waals surface area (Å²) in [4.78, 5) is -1.86. The Labute approximate surface area is 40.2 Å². The lowest BCUT2D eigenvalue weighted by atomic mass is 10.7. The van der Waals surface area contributed by atoms with E-state index in [2.05, 4.69) is 5.32 Å². The van der Waals surface area contributed by atoms with Gasteiger partial charge in [0.2, 0.25) is 6.67 Å². The van der Waals surface area contributed by atoms with E-state index in [1.54, 1.807) is 0 Å². The second-order valence-corrected chi connectivity index (χ2v) is 1.65. The molecule has 1 aliphatic heterocycles. The molecule has 0 aromatic heterocycles. The molecule has 0 atom stereocenters. The van der Waals surface area contributed by atoms with Crippen LogP contribution in [0, 0.1) is 0 Å². The predicted octanol–water partition coefficient (Wildman–Crippen LogP) is 0.133. The zero-order chi connectivity index (χ0) is 5.33. The molecule has 0 aromatic rings. The van der Waals surface area contributed by atoms with Crippen molar-refractivity contribution in [3.05, 3.63) is 0 Å². The van der Waals surface area contributed by atoms with Crippen LogP contribution in [0.3, 0.4) is 0 Å². The molecule has 0 aliphatic carbocycles. The van der Waals surface area contributed by atoms with Crippen molar-refractivity contribution >= 4 is 0 Å². The molecule has 0 amide bonds. The molecule has 0 radical (unpaired) electrons. The standard InChI is InChI=1S/C3H7F2N2/c4-7(5)2-1-6-3-7/h6H,1-3H2/q+1. The molecule has 4 heteroatoms. The summed E-state index contributed by atoms with van der Waals surface area (Å²) in [6.07, 6.45) is 0. The van der Waals surface area contributed by atoms with E-state index < -0.39 is 4.93 Å². The van der Waals surface area contributed by atoms with Crippen LogP contribution in [0.1, 0.15) is 0 Å². The lowest BCUT2D eigenvalue weighted by molar-refractivity contribution is -1.16. The fourth-order valence-corrected chi connectivity index (χ4v) is 0.564. The van der Waals surface area contributed by atoms with Crippen LogP contribution in [0.25, 0.3) is 0 Å². The van der Waals surface area contributed by atoms with Crippen LogP contribution in [-0.2, 0) is 0 Å². The average Bonchev–Trinajstić information content (AvgIpc) is 1.84. The third-order valence-corrected chi connectivity index (χ3v) is 0.959. The van der Waals surface area contributed by atoms with Gasteiger partial charge in [0, 0.05) is 8.96 Å². The molecular formula is C3H7F2N2+. The third kappa shape index (κ3) is 1.07. The average molecular weight is 109 g/mol. The number of hydrogen-bond donors (Lipinski definition) is 1. The Balaban J connectivity index is 2.40. The molecule has 7 heavy (non-hydrogen) atoms. The summed E-state index contributed by atoms with van der Waals surface area (Å²) < 4.78 is 23.6. The highest BCUT2D eigenvalue weighted by Gasteiger charge is 2.33. The molecule has 0 aromatic carbocycles. The van der Waals surface area contributed by atoms with Crippen molar-refractivity contribution < 1.29 is 13.9 Å². The Morgan fingerprint density at radius 1 is 1.43 bits per heavy atom. The van der Waals surface area contributed by atoms with Gasteiger partial charge in [0.05, 0.1) is 11.5 Å². The monoisotopic (exact) mass is 109 g/mol. The van der Waals surface area contributed by atoms with Crippen molar-refractivity contribution in [2.75, 3.05) is 19.8 Å². The van der Waals surface area contributed by atoms with Gasteiger partial charge < -0.3 is 0 Å². The highest BCUT2D eigenvalue weighted by molar-refractivity contribution is 4.41. The molecule has 1 fully saturated rings. The lowest BCUT2D eigenvalue weighted by Gasteiger charge is -2.00. The third-order valence-electron chi connectivity index (χ3n) is 0.959. The van der Waals surface area contributed by atoms with Crippen molar-refractivity contribution in [3.63, 3.8) is 0 Å². The van der Waals surface area contributed by atoms with Crippen LogP contribution in [0.15, 0.2) is 0 Å². The maximum Gasteiger partial charge on any atom is 0.209 e. The molecule has 2 nitrogen and oxygen atoms in total. The number of halogens is 2. The Kier molecular flexibility index (Phi) is 0.972. The van der Waals surface area contributed by atoms with E-state index in [1.165, 1.54) is 0 Å². The minimum Gasteiger partial charge on any atom is -0.259 e. The van der Waals surface area contributed by atoms with E-state index in [1.807, 2.05) is 0 Å². The fraction of sp³-hybridized carbons (Fsp3) is 1.00. The topological polar surface area (TPSA) is 12.0 Å². The molecule has 1 saturated heterocycles. The molecule has 0 spiro atoms. The summed E-state index contributed by atoms with van der Waals surface area (Å²) >= 11 is 0. The van der Waals surface area contributed by atoms with Gasteiger partial charge in [0.25, 0.3) is 0 Å². The van der Waals surface area contributed by atoms with Gasteiger partial charge in [-0.2, -0.15) is 0 Å². The van der Waals surface area contributed by atoms with E-state index in [0.717, 1.165) is 0 Å². The Morgan fingerprint density at radius 3 is 2.29 bits per heavy atom. The Hall–Kier alpha value is -0.220. The largest absolute Gasteiger partial charge is 0.259 e. The molecule has 1 aliphatic rings. The maximum atomic E-state index is 11.8. The quantitative estimate of drug-likeness (QED) is 0.436. The van der Waals surface area contributed by atoms with E-state index in [4.69, 9.17) is 0 Å². The van der Waals surface area contributed by atoms with E-state index in [-0.39, 0.29) is 13.2 Å². The smallest absolute Gasteiger partial charge is 0.209 e. The summed E-state index contributed by atoms with van der Waals surface area (Å²) in [5.41, 5.74) is 0. The zero-order valence-corrected chi connectivity index (χ0v) is 3.82. The molecular weight excluding hydrogens is 102 g/mol. The summed E-state index contributed by atoms with van der Waals surface area (Å²) in [7, 11) is 0. The predicted molar refractivity (Wildman–Crippen MR) is 20.2 cm³/mol. The second-order valence-electron chi connectivity index (χ2n) is 1.65. The van der Waals surface area contributed by atoms with Gasteiger partial charge in [-0.05, 0) is 0 Å². The number of nitrogens with zero attached hydrogens (tertiary/aromatic N) is 1. The number of nitrogens with one attached hydrogen (secondary N) is 1. The maximum absolute atomic E-state index is 11.8. The highest BCUT2D eigenvalue weighted by atomic mass is 19.4. The van der Waals surface area contributed by atoms with Crippen molar-refractivity contribution in [2.24, 2.45) is 0 Å². The van der Waals surface area contributed by atoms with Crippen molar-refractivity contribution in [1.29, 1.82) is 0 Å². The molecule has 42 valence electrons. The van der Waals surface area contributed by atoms with Gasteiger partial charge in [-0.15, -0.1) is 0 Å². The molecule has 0 saturated carbocycles. The van der Waals surface area contributed by atoms with Crippen LogP contribution < -0.4 is 5.32 Å². The van der Waals surface area contributed by atoms with Gasteiger partial charge in [-0.25, -0.2) is 0 Å². The number of hydrogen-bond acceptors (Lipinski definition) is 1. The summed E-state index contributed by atoms with van der Waals surface area (Å²) in [5, 5.41) is 2.53. The van der Waals surface area contributed by atoms with Gasteiger partial charge in [-0.1, -0.05) is 0 Å². The minimum atomic E-state index is -1.86. The highest BCUT2D eigenvalue weighted by Crippen LogP contribution is 2.09. The fourth-order valence-electron chi connectivity index (χ4n) is 0.564. The van der Waals surface area contributed by atoms with Gasteiger partial charge in [0.1, 0.15) is 0 Å². The van der Waals surface area contributed by atoms with Crippen molar-refractivity contribution in [3.8, 4) is 0 Å². The van der Waals surface area contributed by atoms with Gasteiger partial charge in [0.15, 0.2) is 6.54 Å². The molecule has 0 unspecified atom stereocenters. The second kappa shape index (κ2) is 1.38. The lowest BCUT2D eigenvalue weighted by Crippen LogP contribution is -2.27. The first kappa shape index (κ1) is 4.93.